The fraction of sp³-hybridized carbons (Fsp3) is 0. The summed E-state index contributed by atoms with van der Waals surface area (Å²) in [4.78, 5) is 38.2. The van der Waals surface area contributed by atoms with E-state index < -0.39 is 0 Å². The van der Waals surface area contributed by atoms with E-state index >= 15 is 0 Å². The highest BCUT2D eigenvalue weighted by Gasteiger charge is 2.40. The van der Waals surface area contributed by atoms with Crippen LogP contribution in [-0.2, 0) is 0 Å². The molecule has 0 unspecified atom stereocenters. The molecule has 0 atom stereocenters. The van der Waals surface area contributed by atoms with E-state index in [1.165, 1.54) is 11.2 Å². The molecule has 1 aliphatic rings. The van der Waals surface area contributed by atoms with E-state index in [0.29, 0.717) is 22.5 Å². The lowest BCUT2D eigenvalue weighted by molar-refractivity contribution is 0.0926. The van der Waals surface area contributed by atoms with Gasteiger partial charge in [0.25, 0.3) is 11.8 Å². The quantitative estimate of drug-likeness (QED) is 0.214. The Kier molecular flexibility index (Phi) is 5.34. The van der Waals surface area contributed by atoms with Crippen molar-refractivity contribution < 1.29 is 9.59 Å². The molecule has 6 heteroatoms. The average Bonchev–Trinajstić information content (AvgIpc) is 3.53. The highest BCUT2D eigenvalue weighted by Crippen LogP contribution is 2.42. The van der Waals surface area contributed by atoms with Gasteiger partial charge in [0.1, 0.15) is 6.33 Å². The molecule has 0 aliphatic carbocycles. The highest BCUT2D eigenvalue weighted by molar-refractivity contribution is 6.36. The molecule has 0 spiro atoms. The van der Waals surface area contributed by atoms with Crippen molar-refractivity contribution in [1.82, 2.24) is 14.5 Å². The van der Waals surface area contributed by atoms with E-state index in [0.717, 1.165) is 44.1 Å². The van der Waals surface area contributed by atoms with Crippen molar-refractivity contribution in [3.63, 3.8) is 0 Å². The van der Waals surface area contributed by atoms with Gasteiger partial charge in [-0.05, 0) is 29.8 Å². The van der Waals surface area contributed by atoms with Crippen LogP contribution in [-0.4, -0.2) is 26.3 Å². The zero-order valence-electron chi connectivity index (χ0n) is 22.3. The Morgan fingerprint density at radius 1 is 0.500 bits per heavy atom. The van der Waals surface area contributed by atoms with Crippen molar-refractivity contribution in [3.05, 3.63) is 145 Å². The summed E-state index contributed by atoms with van der Waals surface area (Å²) < 4.78 is 2.10. The number of imide groups is 1. The van der Waals surface area contributed by atoms with Crippen LogP contribution >= 0.6 is 0 Å². The number of carbonyl (C=O) groups is 2. The number of carbonyl (C=O) groups excluding carboxylic acids is 2. The predicted octanol–water partition coefficient (Wildman–Crippen LogP) is 7.71. The topological polar surface area (TPSA) is 68.1 Å². The molecule has 7 aromatic rings. The molecule has 6 nitrogen and oxygen atoms in total. The zero-order chi connectivity index (χ0) is 28.2. The zero-order valence-corrected chi connectivity index (χ0v) is 22.3. The summed E-state index contributed by atoms with van der Waals surface area (Å²) in [6.45, 7) is 0. The summed E-state index contributed by atoms with van der Waals surface area (Å²) in [6.07, 6.45) is 5.08. The first-order chi connectivity index (χ1) is 20.7. The van der Waals surface area contributed by atoms with Gasteiger partial charge in [0.15, 0.2) is 0 Å². The van der Waals surface area contributed by atoms with Crippen LogP contribution < -0.4 is 4.90 Å². The number of hydrogen-bond donors (Lipinski definition) is 0. The van der Waals surface area contributed by atoms with E-state index in [9.17, 15) is 9.59 Å². The molecule has 5 aromatic carbocycles. The maximum Gasteiger partial charge on any atom is 0.268 e. The second-order valence-electron chi connectivity index (χ2n) is 10.2. The Hall–Kier alpha value is -5.88. The number of nitrogens with zero attached hydrogens (tertiary/aromatic N) is 4. The van der Waals surface area contributed by atoms with Crippen molar-refractivity contribution in [3.8, 4) is 27.9 Å². The monoisotopic (exact) mass is 542 g/mol. The van der Waals surface area contributed by atoms with Crippen LogP contribution in [0.4, 0.5) is 5.69 Å². The number of para-hydroxylation sites is 3. The van der Waals surface area contributed by atoms with E-state index in [1.807, 2.05) is 97.1 Å². The molecule has 0 radical (unpaired) electrons. The van der Waals surface area contributed by atoms with Gasteiger partial charge in [0, 0.05) is 39.9 Å². The molecule has 8 rings (SSSR count). The molecule has 0 bridgehead atoms. The van der Waals surface area contributed by atoms with Crippen LogP contribution in [0.25, 0.3) is 49.7 Å². The maximum absolute atomic E-state index is 14.4. The molecular weight excluding hydrogens is 520 g/mol. The van der Waals surface area contributed by atoms with Gasteiger partial charge in [-0.25, -0.2) is 14.9 Å². The second-order valence-corrected chi connectivity index (χ2v) is 10.2. The lowest BCUT2D eigenvalue weighted by Gasteiger charge is -2.19. The third kappa shape index (κ3) is 3.45. The van der Waals surface area contributed by atoms with E-state index in [4.69, 9.17) is 0 Å². The number of benzene rings is 5. The molecule has 2 aromatic heterocycles. The van der Waals surface area contributed by atoms with Gasteiger partial charge in [0.2, 0.25) is 0 Å². The Morgan fingerprint density at radius 2 is 1.14 bits per heavy atom. The number of hydrogen-bond acceptors (Lipinski definition) is 4. The number of anilines is 1. The first-order valence-corrected chi connectivity index (χ1v) is 13.7. The Labute approximate surface area is 241 Å². The summed E-state index contributed by atoms with van der Waals surface area (Å²) in [5.74, 6) is -0.682. The number of rotatable bonds is 4. The van der Waals surface area contributed by atoms with Gasteiger partial charge in [-0.15, -0.1) is 0 Å². The van der Waals surface area contributed by atoms with Crippen LogP contribution in [0.1, 0.15) is 20.7 Å². The van der Waals surface area contributed by atoms with Gasteiger partial charge in [-0.1, -0.05) is 91.0 Å². The lowest BCUT2D eigenvalue weighted by atomic mass is 10.0. The maximum atomic E-state index is 14.4. The van der Waals surface area contributed by atoms with Crippen LogP contribution in [0, 0.1) is 0 Å². The van der Waals surface area contributed by atoms with Gasteiger partial charge in [-0.2, -0.15) is 0 Å². The van der Waals surface area contributed by atoms with Crippen molar-refractivity contribution in [1.29, 1.82) is 0 Å². The van der Waals surface area contributed by atoms with Crippen LogP contribution in [0.5, 0.6) is 0 Å². The fourth-order valence-electron chi connectivity index (χ4n) is 6.14. The molecule has 0 saturated heterocycles. The largest absolute Gasteiger partial charge is 0.308 e. The Morgan fingerprint density at radius 3 is 2.00 bits per heavy atom. The van der Waals surface area contributed by atoms with Crippen molar-refractivity contribution in [2.75, 3.05) is 4.90 Å². The summed E-state index contributed by atoms with van der Waals surface area (Å²) >= 11 is 0. The van der Waals surface area contributed by atoms with Gasteiger partial charge >= 0.3 is 0 Å². The molecule has 0 fully saturated rings. The highest BCUT2D eigenvalue weighted by atomic mass is 16.2. The minimum absolute atomic E-state index is 0.335. The SMILES string of the molecule is O=C1c2cccc(-n3c4ccccc4c4cccc(-c5cncnc5)c43)c2C(=O)N1c1ccccc1-c1ccccc1. The molecule has 198 valence electrons. The summed E-state index contributed by atoms with van der Waals surface area (Å²) in [5, 5.41) is 2.08. The van der Waals surface area contributed by atoms with Gasteiger partial charge in [0.05, 0.1) is 33.5 Å². The first-order valence-electron chi connectivity index (χ1n) is 13.7. The third-order valence-corrected chi connectivity index (χ3v) is 7.93. The molecular formula is C36H22N4O2. The fourth-order valence-corrected chi connectivity index (χ4v) is 6.14. The minimum atomic E-state index is -0.347. The van der Waals surface area contributed by atoms with Gasteiger partial charge in [-0.3, -0.25) is 9.59 Å². The standard InChI is InChI=1S/C36H22N4O2/c41-35-29-16-9-19-32(33(29)36(42)40(35)30-17-6-4-12-25(30)23-10-2-1-3-11-23)39-31-18-7-5-13-27(31)28-15-8-14-26(34(28)39)24-20-37-22-38-21-24/h1-22H. The van der Waals surface area contributed by atoms with E-state index in [-0.39, 0.29) is 11.8 Å². The van der Waals surface area contributed by atoms with Crippen LogP contribution in [0.15, 0.2) is 134 Å². The Balaban J connectivity index is 1.39. The lowest BCUT2D eigenvalue weighted by Crippen LogP contribution is -2.30. The summed E-state index contributed by atoms with van der Waals surface area (Å²) in [6, 6.07) is 37.1. The number of amides is 2. The van der Waals surface area contributed by atoms with E-state index in [2.05, 4.69) is 26.7 Å². The molecule has 2 amide bonds. The van der Waals surface area contributed by atoms with E-state index in [1.54, 1.807) is 18.5 Å². The molecule has 0 N–H and O–H groups in total. The van der Waals surface area contributed by atoms with Crippen LogP contribution in [0.3, 0.4) is 0 Å². The predicted molar refractivity (Wildman–Crippen MR) is 165 cm³/mol. The molecule has 3 heterocycles. The minimum Gasteiger partial charge on any atom is -0.308 e. The summed E-state index contributed by atoms with van der Waals surface area (Å²) in [7, 11) is 0. The first kappa shape index (κ1) is 24.0. The van der Waals surface area contributed by atoms with Crippen LogP contribution in [0.2, 0.25) is 0 Å². The normalized spacial score (nSPS) is 12.8. The molecule has 1 aliphatic heterocycles. The average molecular weight is 543 g/mol. The van der Waals surface area contributed by atoms with Crippen molar-refractivity contribution in [2.45, 2.75) is 0 Å². The third-order valence-electron chi connectivity index (χ3n) is 7.93. The number of aromatic nitrogens is 3. The smallest absolute Gasteiger partial charge is 0.268 e. The summed E-state index contributed by atoms with van der Waals surface area (Å²) in [5.41, 5.74) is 7.38. The molecule has 42 heavy (non-hydrogen) atoms. The molecule has 0 saturated carbocycles. The van der Waals surface area contributed by atoms with Gasteiger partial charge < -0.3 is 4.57 Å². The number of fused-ring (bicyclic) bond motifs is 4. The Bertz CT molecular complexity index is 2190. The van der Waals surface area contributed by atoms with Crippen molar-refractivity contribution >= 4 is 39.3 Å². The second kappa shape index (κ2) is 9.35. The van der Waals surface area contributed by atoms with Crippen molar-refractivity contribution in [2.24, 2.45) is 0 Å².